The van der Waals surface area contributed by atoms with E-state index in [4.69, 9.17) is 0 Å². The van der Waals surface area contributed by atoms with Gasteiger partial charge in [0.1, 0.15) is 0 Å². The number of unbranched alkanes of at least 4 members (excludes halogenated alkanes) is 20. The van der Waals surface area contributed by atoms with Crippen LogP contribution in [0.15, 0.2) is 35.9 Å². The molecule has 1 saturated heterocycles. The smallest absolute Gasteiger partial charge is 0.261 e. The standard InChI is InChI=1S/C37H61NO2/c1-4-6-8-10-12-14-16-18-20-22-24-26-34-35(27-25-23-21-19-17-15-13-11-9-7-5-2)37(40)38(36(34)39)33-30-28-32(3)29-31-33/h26,28-31,35H,4-25,27H2,1-3H3/b34-26+. The van der Waals surface area contributed by atoms with Crippen LogP contribution in [0.4, 0.5) is 5.69 Å². The summed E-state index contributed by atoms with van der Waals surface area (Å²) in [6, 6.07) is 7.80. The van der Waals surface area contributed by atoms with Crippen molar-refractivity contribution < 1.29 is 9.59 Å². The van der Waals surface area contributed by atoms with Gasteiger partial charge in [0.15, 0.2) is 0 Å². The zero-order chi connectivity index (χ0) is 28.8. The Labute approximate surface area is 247 Å². The van der Waals surface area contributed by atoms with E-state index < -0.39 is 0 Å². The summed E-state index contributed by atoms with van der Waals surface area (Å²) in [7, 11) is 0. The fourth-order valence-corrected chi connectivity index (χ4v) is 6.02. The van der Waals surface area contributed by atoms with Crippen LogP contribution in [0.1, 0.15) is 167 Å². The highest BCUT2D eigenvalue weighted by Gasteiger charge is 2.43. The number of rotatable bonds is 24. The number of carbonyl (C=O) groups is 2. The molecule has 0 aliphatic carbocycles. The molecular weight excluding hydrogens is 490 g/mol. The third-order valence-electron chi connectivity index (χ3n) is 8.65. The van der Waals surface area contributed by atoms with E-state index in [1.807, 2.05) is 31.2 Å². The Hall–Kier alpha value is -1.90. The van der Waals surface area contributed by atoms with Gasteiger partial charge < -0.3 is 0 Å². The van der Waals surface area contributed by atoms with Gasteiger partial charge in [-0.05, 0) is 38.3 Å². The maximum Gasteiger partial charge on any atom is 0.261 e. The van der Waals surface area contributed by atoms with Crippen LogP contribution in [0, 0.1) is 12.8 Å². The van der Waals surface area contributed by atoms with Gasteiger partial charge in [0.25, 0.3) is 5.91 Å². The van der Waals surface area contributed by atoms with Crippen molar-refractivity contribution in [1.29, 1.82) is 0 Å². The van der Waals surface area contributed by atoms with E-state index in [9.17, 15) is 9.59 Å². The zero-order valence-electron chi connectivity index (χ0n) is 26.5. The lowest BCUT2D eigenvalue weighted by molar-refractivity contribution is -0.122. The van der Waals surface area contributed by atoms with Crippen LogP contribution in [-0.4, -0.2) is 11.8 Å². The van der Waals surface area contributed by atoms with Crippen LogP contribution in [0.5, 0.6) is 0 Å². The van der Waals surface area contributed by atoms with E-state index in [1.165, 1.54) is 120 Å². The SMILES string of the molecule is CCCCCCCCCCCC/C=C1/C(=O)N(c2ccc(C)cc2)C(=O)C1CCCCCCCCCCCCC. The predicted octanol–water partition coefficient (Wildman–Crippen LogP) is 11.4. The summed E-state index contributed by atoms with van der Waals surface area (Å²) in [5.74, 6) is -0.375. The minimum Gasteiger partial charge on any atom is -0.273 e. The third kappa shape index (κ3) is 13.2. The van der Waals surface area contributed by atoms with Crippen LogP contribution < -0.4 is 4.90 Å². The van der Waals surface area contributed by atoms with Crippen LogP contribution in [-0.2, 0) is 9.59 Å². The molecule has 3 nitrogen and oxygen atoms in total. The van der Waals surface area contributed by atoms with E-state index in [1.54, 1.807) is 0 Å². The fourth-order valence-electron chi connectivity index (χ4n) is 6.02. The van der Waals surface area contributed by atoms with E-state index in [0.29, 0.717) is 5.69 Å². The number of allylic oxidation sites excluding steroid dienone is 1. The van der Waals surface area contributed by atoms with E-state index >= 15 is 0 Å². The summed E-state index contributed by atoms with van der Waals surface area (Å²) in [4.78, 5) is 28.4. The number of hydrogen-bond acceptors (Lipinski definition) is 2. The number of nitrogens with zero attached hydrogens (tertiary/aromatic N) is 1. The first-order valence-electron chi connectivity index (χ1n) is 17.2. The van der Waals surface area contributed by atoms with Crippen molar-refractivity contribution in [1.82, 2.24) is 0 Å². The second kappa shape index (κ2) is 21.8. The zero-order valence-corrected chi connectivity index (χ0v) is 26.5. The van der Waals surface area contributed by atoms with Crippen LogP contribution >= 0.6 is 0 Å². The minimum absolute atomic E-state index is 0.0183. The molecule has 40 heavy (non-hydrogen) atoms. The van der Waals surface area contributed by atoms with E-state index in [2.05, 4.69) is 19.9 Å². The van der Waals surface area contributed by atoms with Gasteiger partial charge >= 0.3 is 0 Å². The molecule has 1 aliphatic rings. The molecule has 1 unspecified atom stereocenters. The first kappa shape index (κ1) is 34.3. The second-order valence-corrected chi connectivity index (χ2v) is 12.3. The van der Waals surface area contributed by atoms with Gasteiger partial charge in [0.2, 0.25) is 5.91 Å². The normalized spacial score (nSPS) is 16.5. The van der Waals surface area contributed by atoms with E-state index in [-0.39, 0.29) is 17.7 Å². The molecule has 0 aromatic heterocycles. The molecular formula is C37H61NO2. The van der Waals surface area contributed by atoms with Crippen molar-refractivity contribution in [2.45, 2.75) is 168 Å². The van der Waals surface area contributed by atoms with Gasteiger partial charge in [-0.3, -0.25) is 9.59 Å². The van der Waals surface area contributed by atoms with E-state index in [0.717, 1.165) is 43.2 Å². The molecule has 0 spiro atoms. The average molecular weight is 552 g/mol. The first-order valence-corrected chi connectivity index (χ1v) is 17.2. The molecule has 0 bridgehead atoms. The molecule has 1 atom stereocenters. The molecule has 1 aromatic rings. The molecule has 1 aliphatic heterocycles. The highest BCUT2D eigenvalue weighted by atomic mass is 16.2. The molecule has 0 radical (unpaired) electrons. The first-order chi connectivity index (χ1) is 19.6. The van der Waals surface area contributed by atoms with Crippen LogP contribution in [0.25, 0.3) is 0 Å². The highest BCUT2D eigenvalue weighted by Crippen LogP contribution is 2.34. The number of amides is 2. The lowest BCUT2D eigenvalue weighted by Crippen LogP contribution is -2.30. The summed E-state index contributed by atoms with van der Waals surface area (Å²) < 4.78 is 0. The summed E-state index contributed by atoms with van der Waals surface area (Å²) in [6.07, 6.45) is 31.2. The third-order valence-corrected chi connectivity index (χ3v) is 8.65. The monoisotopic (exact) mass is 551 g/mol. The summed E-state index contributed by atoms with van der Waals surface area (Å²) in [6.45, 7) is 6.57. The Morgan fingerprint density at radius 1 is 0.600 bits per heavy atom. The number of aryl methyl sites for hydroxylation is 1. The van der Waals surface area contributed by atoms with Gasteiger partial charge in [0.05, 0.1) is 11.6 Å². The van der Waals surface area contributed by atoms with Crippen molar-refractivity contribution in [3.05, 3.63) is 41.5 Å². The largest absolute Gasteiger partial charge is 0.273 e. The molecule has 1 fully saturated rings. The molecule has 1 aromatic carbocycles. The quantitative estimate of drug-likeness (QED) is 0.0727. The Bertz CT molecular complexity index is 840. The summed E-state index contributed by atoms with van der Waals surface area (Å²) >= 11 is 0. The molecule has 0 N–H and O–H groups in total. The number of carbonyl (C=O) groups excluding carboxylic acids is 2. The fraction of sp³-hybridized carbons (Fsp3) is 0.730. The summed E-state index contributed by atoms with van der Waals surface area (Å²) in [5.41, 5.74) is 2.61. The van der Waals surface area contributed by atoms with Crippen molar-refractivity contribution >= 4 is 17.5 Å². The number of imide groups is 1. The number of hydrogen-bond donors (Lipinski definition) is 0. The van der Waals surface area contributed by atoms with Crippen LogP contribution in [0.3, 0.4) is 0 Å². The molecule has 2 rings (SSSR count). The Morgan fingerprint density at radius 3 is 1.50 bits per heavy atom. The molecule has 1 heterocycles. The van der Waals surface area contributed by atoms with Gasteiger partial charge in [-0.1, -0.05) is 166 Å². The Morgan fingerprint density at radius 2 is 1.02 bits per heavy atom. The van der Waals surface area contributed by atoms with Crippen molar-refractivity contribution in [2.24, 2.45) is 5.92 Å². The lowest BCUT2D eigenvalue weighted by atomic mass is 9.93. The summed E-state index contributed by atoms with van der Waals surface area (Å²) in [5, 5.41) is 0. The predicted molar refractivity (Wildman–Crippen MR) is 173 cm³/mol. The van der Waals surface area contributed by atoms with Crippen molar-refractivity contribution in [3.8, 4) is 0 Å². The Kier molecular flexibility index (Phi) is 18.7. The lowest BCUT2D eigenvalue weighted by Gasteiger charge is -2.14. The maximum absolute atomic E-state index is 13.5. The maximum atomic E-state index is 13.5. The molecule has 3 heteroatoms. The average Bonchev–Trinajstić information content (AvgIpc) is 3.19. The molecule has 0 saturated carbocycles. The number of anilines is 1. The van der Waals surface area contributed by atoms with Crippen LogP contribution in [0.2, 0.25) is 0 Å². The number of benzene rings is 1. The Balaban J connectivity index is 1.79. The van der Waals surface area contributed by atoms with Gasteiger partial charge in [-0.15, -0.1) is 0 Å². The van der Waals surface area contributed by atoms with Gasteiger partial charge in [0, 0.05) is 5.57 Å². The molecule has 226 valence electrons. The van der Waals surface area contributed by atoms with Gasteiger partial charge in [-0.25, -0.2) is 4.90 Å². The molecule has 2 amide bonds. The van der Waals surface area contributed by atoms with Crippen molar-refractivity contribution in [2.75, 3.05) is 4.90 Å². The topological polar surface area (TPSA) is 37.4 Å². The van der Waals surface area contributed by atoms with Gasteiger partial charge in [-0.2, -0.15) is 0 Å². The minimum atomic E-state index is -0.268. The second-order valence-electron chi connectivity index (χ2n) is 12.3. The highest BCUT2D eigenvalue weighted by molar-refractivity contribution is 6.29. The van der Waals surface area contributed by atoms with Crippen molar-refractivity contribution in [3.63, 3.8) is 0 Å².